The minimum atomic E-state index is 0.0298. The molecule has 0 aliphatic carbocycles. The maximum absolute atomic E-state index is 12.2. The lowest BCUT2D eigenvalue weighted by atomic mass is 10.0. The fourth-order valence-corrected chi connectivity index (χ4v) is 3.31. The van der Waals surface area contributed by atoms with Gasteiger partial charge in [-0.05, 0) is 25.5 Å². The number of aromatic nitrogens is 4. The maximum Gasteiger partial charge on any atom is 0.224 e. The molecule has 7 heteroatoms. The fraction of sp³-hybridized carbons (Fsp3) is 0.562. The number of likely N-dealkylation sites (tertiary alicyclic amines) is 1. The molecule has 7 nitrogen and oxygen atoms in total. The van der Waals surface area contributed by atoms with E-state index >= 15 is 0 Å². The van der Waals surface area contributed by atoms with Gasteiger partial charge in [-0.3, -0.25) is 14.2 Å². The first kappa shape index (κ1) is 15.7. The van der Waals surface area contributed by atoms with E-state index in [1.807, 2.05) is 46.7 Å². The lowest BCUT2D eigenvalue weighted by molar-refractivity contribution is -0.127. The molecule has 23 heavy (non-hydrogen) atoms. The number of hydrogen-bond donors (Lipinski definition) is 1. The summed E-state index contributed by atoms with van der Waals surface area (Å²) in [5, 5.41) is 12.1. The largest absolute Gasteiger partial charge is 0.336 e. The predicted octanol–water partition coefficient (Wildman–Crippen LogP) is 0.957. The second-order valence-corrected chi connectivity index (χ2v) is 6.27. The lowest BCUT2D eigenvalue weighted by Gasteiger charge is -2.28. The van der Waals surface area contributed by atoms with Crippen molar-refractivity contribution in [3.8, 4) is 0 Å². The van der Waals surface area contributed by atoms with Crippen LogP contribution in [0, 0.1) is 0 Å². The van der Waals surface area contributed by atoms with Gasteiger partial charge in [0.15, 0.2) is 0 Å². The molecule has 1 N–H and O–H groups in total. The summed E-state index contributed by atoms with van der Waals surface area (Å²) in [5.74, 6) is 0.174. The molecule has 0 spiro atoms. The molecule has 0 radical (unpaired) electrons. The molecule has 0 saturated carbocycles. The van der Waals surface area contributed by atoms with E-state index in [9.17, 15) is 4.79 Å². The van der Waals surface area contributed by atoms with Crippen LogP contribution in [0.4, 0.5) is 0 Å². The van der Waals surface area contributed by atoms with E-state index in [2.05, 4.69) is 22.4 Å². The first-order chi connectivity index (χ1) is 11.1. The van der Waals surface area contributed by atoms with Crippen molar-refractivity contribution in [2.75, 3.05) is 7.05 Å². The summed E-state index contributed by atoms with van der Waals surface area (Å²) >= 11 is 0. The van der Waals surface area contributed by atoms with Crippen molar-refractivity contribution in [2.24, 2.45) is 7.05 Å². The average molecular weight is 316 g/mol. The van der Waals surface area contributed by atoms with Gasteiger partial charge in [0.25, 0.3) is 0 Å². The Morgan fingerprint density at radius 2 is 2.17 bits per heavy atom. The van der Waals surface area contributed by atoms with E-state index in [4.69, 9.17) is 0 Å². The van der Waals surface area contributed by atoms with E-state index in [1.165, 1.54) is 0 Å². The SMILES string of the molecule is C[C@H](CCn1cccn1)N[C@@H]1CC(=O)N(C)[C@H]1c1ccnn1C. The number of aryl methyl sites for hydroxylation is 2. The number of nitrogens with one attached hydrogen (secondary N) is 1. The molecule has 3 atom stereocenters. The molecule has 2 aromatic heterocycles. The van der Waals surface area contributed by atoms with Crippen molar-refractivity contribution in [3.05, 3.63) is 36.4 Å². The summed E-state index contributed by atoms with van der Waals surface area (Å²) in [6, 6.07) is 4.36. The van der Waals surface area contributed by atoms with E-state index in [0.29, 0.717) is 12.5 Å². The smallest absolute Gasteiger partial charge is 0.224 e. The molecule has 0 unspecified atom stereocenters. The quantitative estimate of drug-likeness (QED) is 0.862. The van der Waals surface area contributed by atoms with Crippen molar-refractivity contribution < 1.29 is 4.79 Å². The molecule has 0 bridgehead atoms. The van der Waals surface area contributed by atoms with Crippen molar-refractivity contribution in [1.82, 2.24) is 29.8 Å². The number of carbonyl (C=O) groups is 1. The Bertz CT molecular complexity index is 649. The first-order valence-corrected chi connectivity index (χ1v) is 8.03. The molecule has 1 aliphatic rings. The van der Waals surface area contributed by atoms with Crippen molar-refractivity contribution >= 4 is 5.91 Å². The number of likely N-dealkylation sites (N-methyl/N-ethyl adjacent to an activating group) is 1. The van der Waals surface area contributed by atoms with Gasteiger partial charge in [-0.25, -0.2) is 0 Å². The van der Waals surface area contributed by atoms with Gasteiger partial charge in [0, 0.05) is 57.7 Å². The standard InChI is InChI=1S/C16H24N6O/c1-12(6-10-22-9-4-7-18-22)19-13-11-15(23)20(2)16(13)14-5-8-17-21(14)3/h4-5,7-9,12-13,16,19H,6,10-11H2,1-3H3/t12-,13-,16-/m1/s1. The van der Waals surface area contributed by atoms with Crippen LogP contribution in [0.25, 0.3) is 0 Å². The van der Waals surface area contributed by atoms with Crippen LogP contribution in [-0.2, 0) is 18.4 Å². The monoisotopic (exact) mass is 316 g/mol. The Balaban J connectivity index is 1.65. The average Bonchev–Trinajstić information content (AvgIpc) is 3.21. The number of hydrogen-bond acceptors (Lipinski definition) is 4. The number of amides is 1. The van der Waals surface area contributed by atoms with Crippen LogP contribution in [0.2, 0.25) is 0 Å². The van der Waals surface area contributed by atoms with E-state index in [0.717, 1.165) is 18.7 Å². The highest BCUT2D eigenvalue weighted by Gasteiger charge is 2.40. The van der Waals surface area contributed by atoms with Crippen LogP contribution < -0.4 is 5.32 Å². The molecular formula is C16H24N6O. The second-order valence-electron chi connectivity index (χ2n) is 6.27. The zero-order chi connectivity index (χ0) is 16.4. The molecular weight excluding hydrogens is 292 g/mol. The summed E-state index contributed by atoms with van der Waals surface area (Å²) in [4.78, 5) is 14.0. The first-order valence-electron chi connectivity index (χ1n) is 8.03. The third kappa shape index (κ3) is 3.29. The van der Waals surface area contributed by atoms with E-state index < -0.39 is 0 Å². The van der Waals surface area contributed by atoms with Gasteiger partial charge in [0.05, 0.1) is 11.7 Å². The highest BCUT2D eigenvalue weighted by molar-refractivity contribution is 5.80. The normalized spacial score (nSPS) is 22.7. The number of rotatable bonds is 6. The van der Waals surface area contributed by atoms with Crippen LogP contribution in [0.15, 0.2) is 30.7 Å². The van der Waals surface area contributed by atoms with Gasteiger partial charge in [0.1, 0.15) is 0 Å². The van der Waals surface area contributed by atoms with Crippen LogP contribution in [0.1, 0.15) is 31.5 Å². The molecule has 1 amide bonds. The van der Waals surface area contributed by atoms with Gasteiger partial charge in [0.2, 0.25) is 5.91 Å². The van der Waals surface area contributed by atoms with Gasteiger partial charge in [-0.15, -0.1) is 0 Å². The zero-order valence-electron chi connectivity index (χ0n) is 13.9. The highest BCUT2D eigenvalue weighted by atomic mass is 16.2. The Labute approximate surface area is 136 Å². The van der Waals surface area contributed by atoms with Crippen LogP contribution >= 0.6 is 0 Å². The summed E-state index contributed by atoms with van der Waals surface area (Å²) in [7, 11) is 3.79. The van der Waals surface area contributed by atoms with E-state index in [-0.39, 0.29) is 18.0 Å². The van der Waals surface area contributed by atoms with Gasteiger partial charge < -0.3 is 10.2 Å². The predicted molar refractivity (Wildman–Crippen MR) is 86.6 cm³/mol. The third-order valence-corrected chi connectivity index (χ3v) is 4.60. The second kappa shape index (κ2) is 6.54. The summed E-state index contributed by atoms with van der Waals surface area (Å²) in [6.07, 6.45) is 7.04. The minimum Gasteiger partial charge on any atom is -0.336 e. The Morgan fingerprint density at radius 1 is 1.35 bits per heavy atom. The van der Waals surface area contributed by atoms with Crippen LogP contribution in [0.5, 0.6) is 0 Å². The maximum atomic E-state index is 12.2. The molecule has 3 heterocycles. The summed E-state index contributed by atoms with van der Waals surface area (Å²) < 4.78 is 3.78. The molecule has 1 fully saturated rings. The Hall–Kier alpha value is -2.15. The molecule has 2 aromatic rings. The minimum absolute atomic E-state index is 0.0298. The number of nitrogens with zero attached hydrogens (tertiary/aromatic N) is 5. The topological polar surface area (TPSA) is 68.0 Å². The highest BCUT2D eigenvalue weighted by Crippen LogP contribution is 2.31. The number of carbonyl (C=O) groups excluding carboxylic acids is 1. The third-order valence-electron chi connectivity index (χ3n) is 4.60. The van der Waals surface area contributed by atoms with Gasteiger partial charge in [-0.1, -0.05) is 0 Å². The van der Waals surface area contributed by atoms with Gasteiger partial charge in [-0.2, -0.15) is 10.2 Å². The van der Waals surface area contributed by atoms with Crippen molar-refractivity contribution in [3.63, 3.8) is 0 Å². The Kier molecular flexibility index (Phi) is 4.47. The van der Waals surface area contributed by atoms with Crippen LogP contribution in [0.3, 0.4) is 0 Å². The molecule has 3 rings (SSSR count). The van der Waals surface area contributed by atoms with Crippen molar-refractivity contribution in [2.45, 2.75) is 44.4 Å². The molecule has 1 saturated heterocycles. The summed E-state index contributed by atoms with van der Waals surface area (Å²) in [5.41, 5.74) is 1.06. The summed E-state index contributed by atoms with van der Waals surface area (Å²) in [6.45, 7) is 3.03. The lowest BCUT2D eigenvalue weighted by Crippen LogP contribution is -2.41. The Morgan fingerprint density at radius 3 is 2.83 bits per heavy atom. The van der Waals surface area contributed by atoms with Crippen molar-refractivity contribution in [1.29, 1.82) is 0 Å². The van der Waals surface area contributed by atoms with Gasteiger partial charge >= 0.3 is 0 Å². The molecule has 124 valence electrons. The van der Waals surface area contributed by atoms with E-state index in [1.54, 1.807) is 12.4 Å². The molecule has 1 aliphatic heterocycles. The van der Waals surface area contributed by atoms with Crippen LogP contribution in [-0.4, -0.2) is 49.5 Å². The molecule has 0 aromatic carbocycles. The zero-order valence-corrected chi connectivity index (χ0v) is 13.9. The fourth-order valence-electron chi connectivity index (χ4n) is 3.31.